The second kappa shape index (κ2) is 54.2. The Morgan fingerprint density at radius 3 is 1.48 bits per heavy atom. The molecule has 4 unspecified atom stereocenters. The molecule has 1 saturated carbocycles. The van der Waals surface area contributed by atoms with E-state index in [1.807, 2.05) is 76.2 Å². The fraction of sp³-hybridized carbons (Fsp3) is 0.682. The molecule has 99 heavy (non-hydrogen) atoms. The normalized spacial score (nSPS) is 13.3. The number of nitrogens with one attached hydrogen (secondary N) is 4. The van der Waals surface area contributed by atoms with E-state index in [0.29, 0.717) is 55.7 Å². The van der Waals surface area contributed by atoms with Gasteiger partial charge in [0.1, 0.15) is 59.5 Å². The van der Waals surface area contributed by atoms with Crippen LogP contribution in [0.2, 0.25) is 0 Å². The summed E-state index contributed by atoms with van der Waals surface area (Å²) >= 11 is 0.882. The van der Waals surface area contributed by atoms with Crippen LogP contribution in [0.5, 0.6) is 0 Å². The lowest BCUT2D eigenvalue weighted by atomic mass is 9.79. The maximum absolute atomic E-state index is 11.9. The van der Waals surface area contributed by atoms with Crippen LogP contribution in [0.1, 0.15) is 170 Å². The van der Waals surface area contributed by atoms with E-state index in [9.17, 15) is 57.5 Å². The molecular formula is C66H112N10O22S. The van der Waals surface area contributed by atoms with Gasteiger partial charge >= 0.3 is 65.8 Å². The van der Waals surface area contributed by atoms with Crippen LogP contribution >= 0.6 is 11.8 Å². The molecule has 0 aliphatic heterocycles. The highest BCUT2D eigenvalue weighted by atomic mass is 32.2. The summed E-state index contributed by atoms with van der Waals surface area (Å²) in [7, 11) is 1.64. The highest BCUT2D eigenvalue weighted by Gasteiger charge is 2.37. The van der Waals surface area contributed by atoms with Crippen molar-refractivity contribution >= 4 is 88.8 Å². The minimum absolute atomic E-state index is 0. The Kier molecular flexibility index (Phi) is 52.9. The van der Waals surface area contributed by atoms with Gasteiger partial charge in [-0.2, -0.15) is 0 Å². The van der Waals surface area contributed by atoms with Crippen molar-refractivity contribution < 1.29 is 105 Å². The van der Waals surface area contributed by atoms with E-state index >= 15 is 0 Å². The molecule has 5 N–H and O–H groups in total. The number of tetrazole rings is 1. The van der Waals surface area contributed by atoms with Crippen molar-refractivity contribution in [1.82, 2.24) is 46.1 Å². The van der Waals surface area contributed by atoms with E-state index in [1.54, 1.807) is 33.9 Å². The largest absolute Gasteiger partial charge is 0.481 e. The number of thioether (sulfide) groups is 1. The van der Waals surface area contributed by atoms with Crippen molar-refractivity contribution in [3.63, 3.8) is 0 Å². The molecule has 0 spiro atoms. The minimum Gasteiger partial charge on any atom is -0.481 e. The molecule has 2 aromatic heterocycles. The van der Waals surface area contributed by atoms with Crippen LogP contribution in [0.25, 0.3) is 0 Å². The lowest BCUT2D eigenvalue weighted by molar-refractivity contribution is -0.163. The van der Waals surface area contributed by atoms with E-state index in [2.05, 4.69) is 64.7 Å². The van der Waals surface area contributed by atoms with Crippen LogP contribution in [-0.2, 0) is 92.8 Å². The summed E-state index contributed by atoms with van der Waals surface area (Å²) in [6, 6.07) is 1.21. The number of rotatable bonds is 34. The summed E-state index contributed by atoms with van der Waals surface area (Å²) in [4.78, 5) is 144. The van der Waals surface area contributed by atoms with Gasteiger partial charge in [-0.05, 0) is 110 Å². The topological polar surface area (TPSA) is 426 Å². The number of aliphatic carboxylic acids is 1. The number of amides is 4. The standard InChI is InChI=1S/C15H24O6.C13H20N4O3.C13H21NO6.C12H20O4.C11H19N5O3S.2CH4/c1-3-10(2)14(18)20-8-9-21-15(19)12-7-5-4-6-11(12)13(16)17;1-4-13(2,3)10(18)20-9-8-16-12(19)17-11-14-6-5-7-15-11;1-4-10(3)12(16)19-8-9-20-13(17)14-6-7-18-11(15)5-2;1-6-12(4,5)11(14)16-8-7-15-10(13)9(2)3;1-5-11(2,3)8(17)19-7-6-12-10(18)20-9-13-14-15-16(9)4;;/h10-12H,3-9H2,1-2H3,(H,16,17);5-7H,4,8-9H2,1-3H3,(H2,14,15,16,17,19);5,10H,2,4,6-9H2,1,3H3,(H,14,17);2,6-8H2,1,3-5H3;5-7H2,1-4H3,(H,12,18);2*1H4. The number of anilines is 1. The zero-order chi connectivity index (χ0) is 74.2. The first-order valence-corrected chi connectivity index (χ1v) is 32.7. The fourth-order valence-electron chi connectivity index (χ4n) is 6.36. The fourth-order valence-corrected chi connectivity index (χ4v) is 6.95. The Morgan fingerprint density at radius 2 is 1.04 bits per heavy atom. The van der Waals surface area contributed by atoms with E-state index < -0.39 is 64.1 Å². The maximum Gasteiger partial charge on any atom is 0.407 e. The molecule has 2 heterocycles. The number of esters is 8. The van der Waals surface area contributed by atoms with Crippen molar-refractivity contribution in [1.29, 1.82) is 0 Å². The van der Waals surface area contributed by atoms with Crippen LogP contribution in [0.3, 0.4) is 0 Å². The van der Waals surface area contributed by atoms with Gasteiger partial charge in [0.05, 0.1) is 59.6 Å². The molecule has 4 atom stereocenters. The zero-order valence-electron chi connectivity index (χ0n) is 59.0. The Bertz CT molecular complexity index is 2780. The molecule has 4 amide bonds. The predicted molar refractivity (Wildman–Crippen MR) is 367 cm³/mol. The molecule has 2 aromatic rings. The average Bonchev–Trinajstić information content (AvgIpc) is 1.43. The third-order valence-corrected chi connectivity index (χ3v) is 15.2. The van der Waals surface area contributed by atoms with Gasteiger partial charge in [0.15, 0.2) is 0 Å². The second-order valence-corrected chi connectivity index (χ2v) is 24.2. The second-order valence-electron chi connectivity index (χ2n) is 23.3. The van der Waals surface area contributed by atoms with E-state index in [-0.39, 0.29) is 147 Å². The molecule has 0 aromatic carbocycles. The predicted octanol–water partition coefficient (Wildman–Crippen LogP) is 8.97. The van der Waals surface area contributed by atoms with E-state index in [0.717, 1.165) is 30.7 Å². The summed E-state index contributed by atoms with van der Waals surface area (Å²) in [5.74, 6) is -5.26. The number of carbonyl (C=O) groups is 12. The smallest absolute Gasteiger partial charge is 0.407 e. The lowest BCUT2D eigenvalue weighted by Crippen LogP contribution is -2.34. The number of carboxylic acid groups (broad SMARTS) is 1. The highest BCUT2D eigenvalue weighted by molar-refractivity contribution is 8.13. The molecule has 1 fully saturated rings. The average molecular weight is 1430 g/mol. The third-order valence-electron chi connectivity index (χ3n) is 14.3. The number of ether oxygens (including phenoxy) is 9. The van der Waals surface area contributed by atoms with Crippen molar-refractivity contribution in [2.45, 2.75) is 175 Å². The van der Waals surface area contributed by atoms with Crippen LogP contribution in [0.15, 0.2) is 48.4 Å². The number of carbonyl (C=O) groups excluding carboxylic acids is 11. The van der Waals surface area contributed by atoms with E-state index in [1.165, 1.54) is 17.1 Å². The lowest BCUT2D eigenvalue weighted by Gasteiger charge is -2.26. The van der Waals surface area contributed by atoms with Gasteiger partial charge in [0, 0.05) is 42.9 Å². The summed E-state index contributed by atoms with van der Waals surface area (Å²) < 4.78 is 45.7. The van der Waals surface area contributed by atoms with Gasteiger partial charge in [0.2, 0.25) is 11.1 Å². The van der Waals surface area contributed by atoms with Crippen molar-refractivity contribution in [3.8, 4) is 0 Å². The summed E-state index contributed by atoms with van der Waals surface area (Å²) in [5.41, 5.74) is -1.15. The molecule has 564 valence electrons. The molecule has 1 aliphatic rings. The van der Waals surface area contributed by atoms with Gasteiger partial charge in [0.25, 0.3) is 5.24 Å². The first-order chi connectivity index (χ1) is 45.6. The Labute approximate surface area is 587 Å². The molecule has 32 nitrogen and oxygen atoms in total. The number of hydrogen-bond donors (Lipinski definition) is 5. The molecule has 1 aliphatic carbocycles. The number of aryl methyl sites for hydroxylation is 1. The molecular weight excluding hydrogens is 1320 g/mol. The molecule has 33 heteroatoms. The van der Waals surface area contributed by atoms with Gasteiger partial charge in [-0.3, -0.25) is 43.7 Å². The number of aromatic nitrogens is 6. The number of hydrogen-bond acceptors (Lipinski definition) is 27. The monoisotopic (exact) mass is 1430 g/mol. The first kappa shape index (κ1) is 96.6. The van der Waals surface area contributed by atoms with Crippen LogP contribution in [-0.4, -0.2) is 185 Å². The minimum atomic E-state index is -0.945. The number of urea groups is 1. The molecule has 0 radical (unpaired) electrons. The Hall–Kier alpha value is -8.78. The van der Waals surface area contributed by atoms with Gasteiger partial charge in [-0.25, -0.2) is 33.8 Å². The summed E-state index contributed by atoms with van der Waals surface area (Å²) in [6.45, 7) is 33.3. The third kappa shape index (κ3) is 44.7. The van der Waals surface area contributed by atoms with Crippen molar-refractivity contribution in [2.24, 2.45) is 47.0 Å². The highest BCUT2D eigenvalue weighted by Crippen LogP contribution is 2.31. The first-order valence-electron chi connectivity index (χ1n) is 31.9. The number of carboxylic acids is 1. The van der Waals surface area contributed by atoms with Crippen LogP contribution in [0, 0.1) is 39.9 Å². The molecule has 0 bridgehead atoms. The Morgan fingerprint density at radius 1 is 0.616 bits per heavy atom. The van der Waals surface area contributed by atoms with Crippen molar-refractivity contribution in [2.75, 3.05) is 84.4 Å². The van der Waals surface area contributed by atoms with Crippen LogP contribution in [0.4, 0.5) is 20.3 Å². The van der Waals surface area contributed by atoms with Crippen molar-refractivity contribution in [3.05, 3.63) is 43.3 Å². The van der Waals surface area contributed by atoms with E-state index in [4.69, 9.17) is 43.0 Å². The zero-order valence-corrected chi connectivity index (χ0v) is 59.8. The summed E-state index contributed by atoms with van der Waals surface area (Å²) in [6.07, 6.45) is 9.64. The van der Waals surface area contributed by atoms with Gasteiger partial charge in [-0.1, -0.05) is 89.3 Å². The van der Waals surface area contributed by atoms with Gasteiger partial charge in [-0.15, -0.1) is 5.10 Å². The SMILES string of the molecule is C.C.C=C(C)C(=O)OCCOC(=O)C(C)(C)CC.C=CC(=O)OCCNC(=O)OCCOC(=O)C(C)CC.CCC(C)(C)C(=O)OCCNC(=O)Nc1ncccn1.CCC(C)(C)C(=O)OCCNC(=O)Sc1nnnn1C.CCC(C)C(=O)OCCOC(=O)C1CCCCC1C(=O)O. The molecule has 0 saturated heterocycles. The maximum atomic E-state index is 11.9. The Balaban J connectivity index is -0.000000568. The van der Waals surface area contributed by atoms with Crippen LogP contribution < -0.4 is 21.3 Å². The number of alkyl carbamates (subject to hydrolysis) is 1. The number of nitrogens with zero attached hydrogens (tertiary/aromatic N) is 6. The molecule has 3 rings (SSSR count). The summed E-state index contributed by atoms with van der Waals surface area (Å²) in [5, 5.41) is 29.9. The quantitative estimate of drug-likeness (QED) is 0.0143. The van der Waals surface area contributed by atoms with Gasteiger partial charge < -0.3 is 63.7 Å².